The molecule has 38 heavy (non-hydrogen) atoms. The minimum Gasteiger partial charge on any atom is -0.493 e. The maximum Gasteiger partial charge on any atom is 0.162 e. The van der Waals surface area contributed by atoms with E-state index in [1.54, 1.807) is 6.08 Å². The van der Waals surface area contributed by atoms with Crippen LogP contribution in [-0.4, -0.2) is 72.7 Å². The molecule has 2 aromatic carbocycles. The molecule has 3 heterocycles. The van der Waals surface area contributed by atoms with E-state index in [1.807, 2.05) is 43.4 Å². The number of likely N-dealkylation sites (N-methyl/N-ethyl adjacent to an activating group) is 1. The average Bonchev–Trinajstić information content (AvgIpc) is 3.34. The van der Waals surface area contributed by atoms with E-state index in [1.165, 1.54) is 5.56 Å². The monoisotopic (exact) mass is 529 g/mol. The van der Waals surface area contributed by atoms with Gasteiger partial charge in [-0.25, -0.2) is 9.97 Å². The molecule has 0 radical (unpaired) electrons. The highest BCUT2D eigenvalue weighted by molar-refractivity contribution is 6.30. The third-order valence-electron chi connectivity index (χ3n) is 7.27. The molecule has 2 aliphatic heterocycles. The summed E-state index contributed by atoms with van der Waals surface area (Å²) in [6, 6.07) is 12.2. The standard InChI is InChI=1S/C31H36ClN5O/c1-4-6-8-23(5-2)30-33-28-22-26(38-20-7-14-36-18-16-35(3)17-19-36)10-11-27(28)31(34-30)37-15-13-24-21-25(32)9-12-29(24)37/h4-6,8-12,21-22H,2,7,13-20H2,1,3H3/b6-4-,23-8+. The van der Waals surface area contributed by atoms with Gasteiger partial charge in [-0.05, 0) is 62.7 Å². The zero-order valence-electron chi connectivity index (χ0n) is 22.4. The van der Waals surface area contributed by atoms with Gasteiger partial charge in [0.15, 0.2) is 5.82 Å². The second-order valence-corrected chi connectivity index (χ2v) is 10.4. The number of hydrogen-bond donors (Lipinski definition) is 0. The SMILES string of the molecule is C=C/C(=C\C=C/C)c1nc(N2CCc3cc(Cl)ccc32)c2ccc(OCCCN3CCN(C)CC3)cc2n1. The van der Waals surface area contributed by atoms with Crippen LogP contribution in [0.4, 0.5) is 11.5 Å². The number of hydrogen-bond acceptors (Lipinski definition) is 6. The van der Waals surface area contributed by atoms with Crippen molar-refractivity contribution in [1.29, 1.82) is 0 Å². The summed E-state index contributed by atoms with van der Waals surface area (Å²) in [6.45, 7) is 13.1. The normalized spacial score (nSPS) is 16.9. The second kappa shape index (κ2) is 12.1. The topological polar surface area (TPSA) is 44.7 Å². The Morgan fingerprint density at radius 2 is 1.92 bits per heavy atom. The van der Waals surface area contributed by atoms with E-state index >= 15 is 0 Å². The van der Waals surface area contributed by atoms with Crippen LogP contribution in [0, 0.1) is 0 Å². The van der Waals surface area contributed by atoms with Crippen LogP contribution in [0.15, 0.2) is 67.3 Å². The number of aromatic nitrogens is 2. The predicted octanol–water partition coefficient (Wildman–Crippen LogP) is 6.14. The summed E-state index contributed by atoms with van der Waals surface area (Å²) in [5.74, 6) is 2.37. The van der Waals surface area contributed by atoms with Crippen LogP contribution in [0.2, 0.25) is 5.02 Å². The molecule has 0 unspecified atom stereocenters. The third-order valence-corrected chi connectivity index (χ3v) is 7.51. The molecule has 3 aromatic rings. The van der Waals surface area contributed by atoms with Crippen LogP contribution < -0.4 is 9.64 Å². The second-order valence-electron chi connectivity index (χ2n) is 9.92. The number of allylic oxidation sites excluding steroid dienone is 5. The molecular weight excluding hydrogens is 494 g/mol. The molecule has 1 aromatic heterocycles. The first-order chi connectivity index (χ1) is 18.6. The third kappa shape index (κ3) is 5.93. The van der Waals surface area contributed by atoms with E-state index in [0.29, 0.717) is 12.4 Å². The lowest BCUT2D eigenvalue weighted by Crippen LogP contribution is -2.44. The molecule has 0 N–H and O–H groups in total. The van der Waals surface area contributed by atoms with E-state index in [9.17, 15) is 0 Å². The fraction of sp³-hybridized carbons (Fsp3) is 0.355. The Morgan fingerprint density at radius 1 is 1.08 bits per heavy atom. The maximum absolute atomic E-state index is 6.28. The summed E-state index contributed by atoms with van der Waals surface area (Å²) in [4.78, 5) is 17.2. The van der Waals surface area contributed by atoms with Gasteiger partial charge in [-0.2, -0.15) is 0 Å². The summed E-state index contributed by atoms with van der Waals surface area (Å²) >= 11 is 6.28. The van der Waals surface area contributed by atoms with Gasteiger partial charge in [-0.3, -0.25) is 0 Å². The number of piperazine rings is 1. The highest BCUT2D eigenvalue weighted by Crippen LogP contribution is 2.39. The number of rotatable bonds is 9. The maximum atomic E-state index is 6.28. The molecule has 0 atom stereocenters. The molecule has 1 fully saturated rings. The first kappa shape index (κ1) is 26.4. The molecule has 2 aliphatic rings. The molecule has 0 saturated carbocycles. The highest BCUT2D eigenvalue weighted by atomic mass is 35.5. The first-order valence-corrected chi connectivity index (χ1v) is 13.8. The summed E-state index contributed by atoms with van der Waals surface area (Å²) in [5, 5.41) is 1.76. The van der Waals surface area contributed by atoms with Gasteiger partial charge < -0.3 is 19.4 Å². The van der Waals surface area contributed by atoms with Crippen molar-refractivity contribution in [3.05, 3.63) is 83.7 Å². The molecule has 7 heteroatoms. The van der Waals surface area contributed by atoms with E-state index < -0.39 is 0 Å². The minimum atomic E-state index is 0.648. The molecule has 0 aliphatic carbocycles. The summed E-state index contributed by atoms with van der Waals surface area (Å²) in [7, 11) is 2.19. The fourth-order valence-corrected chi connectivity index (χ4v) is 5.29. The average molecular weight is 530 g/mol. The number of anilines is 2. The molecule has 198 valence electrons. The summed E-state index contributed by atoms with van der Waals surface area (Å²) < 4.78 is 6.18. The summed E-state index contributed by atoms with van der Waals surface area (Å²) in [5.41, 5.74) is 4.11. The Labute approximate surface area is 230 Å². The number of halogens is 1. The van der Waals surface area contributed by atoms with Crippen LogP contribution in [0.1, 0.15) is 24.7 Å². The smallest absolute Gasteiger partial charge is 0.162 e. The molecule has 1 saturated heterocycles. The Bertz CT molecular complexity index is 1360. The lowest BCUT2D eigenvalue weighted by Gasteiger charge is -2.32. The summed E-state index contributed by atoms with van der Waals surface area (Å²) in [6.07, 6.45) is 9.70. The molecule has 0 amide bonds. The number of ether oxygens (including phenoxy) is 1. The van der Waals surface area contributed by atoms with Crippen molar-refractivity contribution in [2.24, 2.45) is 0 Å². The van der Waals surface area contributed by atoms with Crippen LogP contribution >= 0.6 is 11.6 Å². The van der Waals surface area contributed by atoms with Crippen molar-refractivity contribution in [2.45, 2.75) is 19.8 Å². The van der Waals surface area contributed by atoms with Crippen molar-refractivity contribution in [3.63, 3.8) is 0 Å². The first-order valence-electron chi connectivity index (χ1n) is 13.4. The Morgan fingerprint density at radius 3 is 2.71 bits per heavy atom. The number of fused-ring (bicyclic) bond motifs is 2. The Balaban J connectivity index is 1.42. The quantitative estimate of drug-likeness (QED) is 0.245. The van der Waals surface area contributed by atoms with Crippen molar-refractivity contribution in [3.8, 4) is 5.75 Å². The van der Waals surface area contributed by atoms with E-state index in [4.69, 9.17) is 26.3 Å². The van der Waals surface area contributed by atoms with E-state index in [0.717, 1.165) is 90.9 Å². The van der Waals surface area contributed by atoms with Gasteiger partial charge in [0.25, 0.3) is 0 Å². The zero-order valence-corrected chi connectivity index (χ0v) is 23.1. The Hall–Kier alpha value is -3.19. The number of benzene rings is 2. The molecular formula is C31H36ClN5O. The molecule has 0 bridgehead atoms. The van der Waals surface area contributed by atoms with Gasteiger partial charge in [0.1, 0.15) is 11.6 Å². The van der Waals surface area contributed by atoms with Crippen molar-refractivity contribution < 1.29 is 4.74 Å². The Kier molecular flexibility index (Phi) is 8.42. The van der Waals surface area contributed by atoms with Gasteiger partial charge in [-0.15, -0.1) is 0 Å². The molecule has 6 nitrogen and oxygen atoms in total. The van der Waals surface area contributed by atoms with Crippen molar-refractivity contribution in [1.82, 2.24) is 19.8 Å². The molecule has 5 rings (SSSR count). The van der Waals surface area contributed by atoms with Gasteiger partial charge in [0.2, 0.25) is 0 Å². The number of nitrogens with zero attached hydrogens (tertiary/aromatic N) is 5. The van der Waals surface area contributed by atoms with Gasteiger partial charge >= 0.3 is 0 Å². The zero-order chi connectivity index (χ0) is 26.5. The van der Waals surface area contributed by atoms with E-state index in [2.05, 4.69) is 46.5 Å². The van der Waals surface area contributed by atoms with Crippen LogP contribution in [0.3, 0.4) is 0 Å². The van der Waals surface area contributed by atoms with Gasteiger partial charge in [0.05, 0.1) is 12.1 Å². The lowest BCUT2D eigenvalue weighted by molar-refractivity contribution is 0.145. The largest absolute Gasteiger partial charge is 0.493 e. The van der Waals surface area contributed by atoms with Crippen LogP contribution in [0.5, 0.6) is 5.75 Å². The molecule has 0 spiro atoms. The van der Waals surface area contributed by atoms with Gasteiger partial charge in [0, 0.05) is 67.0 Å². The minimum absolute atomic E-state index is 0.648. The van der Waals surface area contributed by atoms with Crippen molar-refractivity contribution >= 4 is 39.6 Å². The lowest BCUT2D eigenvalue weighted by atomic mass is 10.1. The van der Waals surface area contributed by atoms with Gasteiger partial charge in [-0.1, -0.05) is 42.5 Å². The van der Waals surface area contributed by atoms with Crippen LogP contribution in [0.25, 0.3) is 16.5 Å². The predicted molar refractivity (Wildman–Crippen MR) is 159 cm³/mol. The van der Waals surface area contributed by atoms with E-state index in [-0.39, 0.29) is 0 Å². The van der Waals surface area contributed by atoms with Crippen molar-refractivity contribution in [2.75, 3.05) is 57.8 Å². The fourth-order valence-electron chi connectivity index (χ4n) is 5.09. The van der Waals surface area contributed by atoms with Crippen LogP contribution in [-0.2, 0) is 6.42 Å². The highest BCUT2D eigenvalue weighted by Gasteiger charge is 2.25.